The number of hydrogen-bond donors (Lipinski definition) is 6. The van der Waals surface area contributed by atoms with Crippen LogP contribution in [-0.4, -0.2) is 79.9 Å². The number of rotatable bonds is 7. The summed E-state index contributed by atoms with van der Waals surface area (Å²) in [6, 6.07) is 8.05. The van der Waals surface area contributed by atoms with Gasteiger partial charge >= 0.3 is 11.9 Å². The van der Waals surface area contributed by atoms with E-state index in [1.54, 1.807) is 0 Å². The van der Waals surface area contributed by atoms with Gasteiger partial charge in [0.1, 0.15) is 71.9 Å². The summed E-state index contributed by atoms with van der Waals surface area (Å²) in [6.45, 7) is -0.644. The van der Waals surface area contributed by atoms with Crippen LogP contribution in [0.1, 0.15) is 6.42 Å². The lowest BCUT2D eigenvalue weighted by Crippen LogP contribution is -2.60. The molecule has 5 atom stereocenters. The molecule has 37 heavy (non-hydrogen) atoms. The molecule has 13 heteroatoms. The molecule has 6 N–H and O–H groups in total. The molecule has 1 aliphatic heterocycles. The molecule has 0 aliphatic carbocycles. The minimum absolute atomic E-state index is 0.00369. The number of phenolic OH excluding ortho intramolecular Hbond substituents is 2. The Morgan fingerprint density at radius 3 is 2.35 bits per heavy atom. The molecule has 1 aliphatic rings. The second kappa shape index (κ2) is 10.4. The number of fused-ring (bicyclic) bond motifs is 1. The zero-order chi connectivity index (χ0) is 26.9. The fourth-order valence-corrected chi connectivity index (χ4v) is 3.75. The summed E-state index contributed by atoms with van der Waals surface area (Å²) in [5.74, 6) is -3.19. The van der Waals surface area contributed by atoms with E-state index in [4.69, 9.17) is 23.7 Å². The molecule has 0 amide bonds. The van der Waals surface area contributed by atoms with Crippen molar-refractivity contribution in [1.82, 2.24) is 0 Å². The van der Waals surface area contributed by atoms with Gasteiger partial charge in [0.05, 0.1) is 5.56 Å². The quantitative estimate of drug-likeness (QED) is 0.181. The van der Waals surface area contributed by atoms with Gasteiger partial charge in [0.15, 0.2) is 0 Å². The van der Waals surface area contributed by atoms with Gasteiger partial charge in [0.25, 0.3) is 0 Å². The first-order chi connectivity index (χ1) is 17.5. The van der Waals surface area contributed by atoms with Gasteiger partial charge in [0.2, 0.25) is 11.7 Å². The Morgan fingerprint density at radius 1 is 0.973 bits per heavy atom. The predicted octanol–water partition coefficient (Wildman–Crippen LogP) is 0.0755. The normalized spacial score (nSPS) is 23.5. The number of aliphatic hydroxyl groups excluding tert-OH is 3. The first kappa shape index (κ1) is 25.9. The Labute approximate surface area is 207 Å². The molecule has 1 fully saturated rings. The van der Waals surface area contributed by atoms with E-state index < -0.39 is 66.9 Å². The lowest BCUT2D eigenvalue weighted by molar-refractivity contribution is -0.278. The summed E-state index contributed by atoms with van der Waals surface area (Å²) in [5.41, 5.74) is -0.0752. The second-order valence-electron chi connectivity index (χ2n) is 8.23. The van der Waals surface area contributed by atoms with Crippen molar-refractivity contribution < 1.29 is 58.9 Å². The highest BCUT2D eigenvalue weighted by molar-refractivity contribution is 5.90. The van der Waals surface area contributed by atoms with Gasteiger partial charge in [-0.3, -0.25) is 14.4 Å². The number of aliphatic hydroxyl groups is 3. The van der Waals surface area contributed by atoms with E-state index in [-0.39, 0.29) is 28.0 Å². The van der Waals surface area contributed by atoms with Crippen molar-refractivity contribution in [2.45, 2.75) is 37.1 Å². The second-order valence-corrected chi connectivity index (χ2v) is 8.23. The molecule has 196 valence electrons. The minimum Gasteiger partial charge on any atom is -0.508 e. The molecule has 2 heterocycles. The molecule has 0 radical (unpaired) electrons. The van der Waals surface area contributed by atoms with Crippen LogP contribution in [0.4, 0.5) is 0 Å². The van der Waals surface area contributed by atoms with Crippen LogP contribution < -0.4 is 10.2 Å². The van der Waals surface area contributed by atoms with Crippen molar-refractivity contribution in [3.8, 4) is 28.4 Å². The van der Waals surface area contributed by atoms with Crippen molar-refractivity contribution in [3.05, 3.63) is 52.9 Å². The van der Waals surface area contributed by atoms with Gasteiger partial charge in [-0.25, -0.2) is 0 Å². The maximum atomic E-state index is 13.0. The maximum absolute atomic E-state index is 13.0. The number of ether oxygens (including phenoxy) is 3. The predicted molar refractivity (Wildman–Crippen MR) is 122 cm³/mol. The Balaban J connectivity index is 1.56. The Kier molecular flexibility index (Phi) is 7.31. The van der Waals surface area contributed by atoms with E-state index in [2.05, 4.69) is 0 Å². The number of carbonyl (C=O) groups is 2. The molecule has 3 aromatic rings. The Morgan fingerprint density at radius 2 is 1.68 bits per heavy atom. The molecular weight excluding hydrogens is 496 g/mol. The van der Waals surface area contributed by atoms with Gasteiger partial charge in [-0.2, -0.15) is 0 Å². The molecule has 1 saturated heterocycles. The highest BCUT2D eigenvalue weighted by Gasteiger charge is 2.45. The summed E-state index contributed by atoms with van der Waals surface area (Å²) in [5, 5.41) is 59.0. The first-order valence-corrected chi connectivity index (χ1v) is 10.9. The van der Waals surface area contributed by atoms with Crippen LogP contribution >= 0.6 is 0 Å². The maximum Gasteiger partial charge on any atom is 0.317 e. The third-order valence-corrected chi connectivity index (χ3v) is 5.63. The molecule has 0 spiro atoms. The largest absolute Gasteiger partial charge is 0.508 e. The number of aliphatic carboxylic acids is 1. The van der Waals surface area contributed by atoms with Crippen LogP contribution in [0.5, 0.6) is 17.2 Å². The zero-order valence-electron chi connectivity index (χ0n) is 18.9. The van der Waals surface area contributed by atoms with Crippen LogP contribution in [-0.2, 0) is 19.1 Å². The number of benzene rings is 2. The summed E-state index contributed by atoms with van der Waals surface area (Å²) in [4.78, 5) is 35.0. The standard InChI is InChI=1S/C24H22O13/c25-11-3-1-10(2-4-11)13-8-34-15-6-12(5-14(26)19(15)20(13)30)36-24-23(33)22(32)21(31)16(37-24)9-35-18(29)7-17(27)28/h1-6,8,16,21-26,31-33H,7,9H2,(H,27,28)/t16-,21-,22+,23-,24-/m0/s1. The monoisotopic (exact) mass is 518 g/mol. The third-order valence-electron chi connectivity index (χ3n) is 5.63. The molecule has 2 aromatic carbocycles. The van der Waals surface area contributed by atoms with E-state index in [0.29, 0.717) is 5.56 Å². The molecule has 0 unspecified atom stereocenters. The van der Waals surface area contributed by atoms with Crippen LogP contribution in [0.25, 0.3) is 22.1 Å². The number of aromatic hydroxyl groups is 2. The van der Waals surface area contributed by atoms with Gasteiger partial charge < -0.3 is 49.3 Å². The Bertz CT molecular complexity index is 1360. The van der Waals surface area contributed by atoms with E-state index in [9.17, 15) is 39.9 Å². The highest BCUT2D eigenvalue weighted by atomic mass is 16.7. The number of carboxylic acid groups (broad SMARTS) is 1. The van der Waals surface area contributed by atoms with E-state index in [0.717, 1.165) is 12.3 Å². The molecule has 13 nitrogen and oxygen atoms in total. The molecule has 0 bridgehead atoms. The number of carboxylic acids is 1. The van der Waals surface area contributed by atoms with Gasteiger partial charge in [-0.05, 0) is 17.7 Å². The molecular formula is C24H22O13. The topological polar surface area (TPSA) is 213 Å². The van der Waals surface area contributed by atoms with Gasteiger partial charge in [-0.15, -0.1) is 0 Å². The summed E-state index contributed by atoms with van der Waals surface area (Å²) in [6.07, 6.45) is -8.04. The third kappa shape index (κ3) is 5.49. The van der Waals surface area contributed by atoms with E-state index >= 15 is 0 Å². The average molecular weight is 518 g/mol. The van der Waals surface area contributed by atoms with Crippen molar-refractivity contribution in [2.75, 3.05) is 6.61 Å². The van der Waals surface area contributed by atoms with Gasteiger partial charge in [0, 0.05) is 12.1 Å². The van der Waals surface area contributed by atoms with Crippen molar-refractivity contribution in [2.24, 2.45) is 0 Å². The first-order valence-electron chi connectivity index (χ1n) is 10.9. The van der Waals surface area contributed by atoms with Crippen molar-refractivity contribution in [3.63, 3.8) is 0 Å². The fourth-order valence-electron chi connectivity index (χ4n) is 3.75. The number of carbonyl (C=O) groups excluding carboxylic acids is 1. The number of hydrogen-bond acceptors (Lipinski definition) is 12. The van der Waals surface area contributed by atoms with Crippen LogP contribution in [0, 0.1) is 0 Å². The number of esters is 1. The SMILES string of the molecule is O=C(O)CC(=O)OC[C@@H]1O[C@H](Oc2cc(O)c3c(=O)c(-c4ccc(O)cc4)coc3c2)[C@@H](O)[C@H](O)[C@H]1O. The Hall–Kier alpha value is -4.17. The minimum atomic E-state index is -1.79. The summed E-state index contributed by atoms with van der Waals surface area (Å²) < 4.78 is 21.2. The summed E-state index contributed by atoms with van der Waals surface area (Å²) >= 11 is 0. The summed E-state index contributed by atoms with van der Waals surface area (Å²) in [7, 11) is 0. The van der Waals surface area contributed by atoms with Crippen LogP contribution in [0.3, 0.4) is 0 Å². The van der Waals surface area contributed by atoms with Gasteiger partial charge in [-0.1, -0.05) is 12.1 Å². The van der Waals surface area contributed by atoms with E-state index in [1.807, 2.05) is 0 Å². The molecule has 4 rings (SSSR count). The molecule has 0 saturated carbocycles. The fraction of sp³-hybridized carbons (Fsp3) is 0.292. The number of phenols is 2. The lowest BCUT2D eigenvalue weighted by atomic mass is 9.99. The zero-order valence-corrected chi connectivity index (χ0v) is 18.9. The van der Waals surface area contributed by atoms with Crippen LogP contribution in [0.15, 0.2) is 51.9 Å². The molecule has 1 aromatic heterocycles. The highest BCUT2D eigenvalue weighted by Crippen LogP contribution is 2.33. The van der Waals surface area contributed by atoms with E-state index in [1.165, 1.54) is 30.3 Å². The van der Waals surface area contributed by atoms with Crippen LogP contribution in [0.2, 0.25) is 0 Å². The smallest absolute Gasteiger partial charge is 0.317 e. The average Bonchev–Trinajstić information content (AvgIpc) is 2.84. The van der Waals surface area contributed by atoms with Crippen molar-refractivity contribution in [1.29, 1.82) is 0 Å². The van der Waals surface area contributed by atoms with Crippen molar-refractivity contribution >= 4 is 22.9 Å². The lowest BCUT2D eigenvalue weighted by Gasteiger charge is -2.39.